The Hall–Kier alpha value is -3.78. The minimum absolute atomic E-state index is 0.0351. The summed E-state index contributed by atoms with van der Waals surface area (Å²) in [5, 5.41) is 5.94. The minimum atomic E-state index is -0.246. The molecule has 34 heavy (non-hydrogen) atoms. The van der Waals surface area contributed by atoms with Crippen LogP contribution >= 0.6 is 0 Å². The van der Waals surface area contributed by atoms with Crippen molar-refractivity contribution < 1.29 is 23.5 Å². The molecule has 1 fully saturated rings. The summed E-state index contributed by atoms with van der Waals surface area (Å²) >= 11 is 0. The number of rotatable bonds is 9. The van der Waals surface area contributed by atoms with Crippen molar-refractivity contribution in [3.8, 4) is 11.5 Å². The maximum atomic E-state index is 12.6. The van der Waals surface area contributed by atoms with E-state index >= 15 is 0 Å². The lowest BCUT2D eigenvalue weighted by Crippen LogP contribution is -2.46. The van der Waals surface area contributed by atoms with Gasteiger partial charge in [-0.25, -0.2) is 0 Å². The van der Waals surface area contributed by atoms with Gasteiger partial charge in [-0.3, -0.25) is 14.5 Å². The van der Waals surface area contributed by atoms with Gasteiger partial charge in [0.25, 0.3) is 5.91 Å². The van der Waals surface area contributed by atoms with Gasteiger partial charge < -0.3 is 24.5 Å². The van der Waals surface area contributed by atoms with Crippen molar-refractivity contribution in [2.75, 3.05) is 32.1 Å². The lowest BCUT2D eigenvalue weighted by molar-refractivity contribution is -0.117. The van der Waals surface area contributed by atoms with Crippen LogP contribution in [0.15, 0.2) is 71.1 Å². The van der Waals surface area contributed by atoms with Crippen LogP contribution in [-0.2, 0) is 11.4 Å². The zero-order valence-corrected chi connectivity index (χ0v) is 19.2. The molecule has 0 saturated carbocycles. The fourth-order valence-corrected chi connectivity index (χ4v) is 3.88. The third kappa shape index (κ3) is 6.39. The number of carbonyl (C=O) groups excluding carboxylic acids is 2. The second kappa shape index (κ2) is 11.4. The molecule has 2 heterocycles. The molecule has 0 unspecified atom stereocenters. The molecule has 1 aliphatic rings. The lowest BCUT2D eigenvalue weighted by Gasteiger charge is -2.31. The maximum absolute atomic E-state index is 12.6. The van der Waals surface area contributed by atoms with Crippen molar-refractivity contribution in [2.24, 2.45) is 0 Å². The van der Waals surface area contributed by atoms with Gasteiger partial charge in [-0.2, -0.15) is 0 Å². The number of ether oxygens (including phenoxy) is 2. The molecule has 0 aliphatic carbocycles. The largest absolute Gasteiger partial charge is 0.493 e. The molecular weight excluding hydrogens is 434 g/mol. The van der Waals surface area contributed by atoms with Crippen molar-refractivity contribution in [1.29, 1.82) is 0 Å². The molecule has 0 bridgehead atoms. The summed E-state index contributed by atoms with van der Waals surface area (Å²) in [5.74, 6) is 1.77. The molecule has 8 heteroatoms. The van der Waals surface area contributed by atoms with Crippen molar-refractivity contribution in [3.05, 3.63) is 78.3 Å². The Morgan fingerprint density at radius 1 is 0.971 bits per heavy atom. The molecule has 1 aromatic heterocycles. The number of nitrogens with zero attached hydrogens (tertiary/aromatic N) is 1. The summed E-state index contributed by atoms with van der Waals surface area (Å²) in [6.45, 7) is 2.01. The Kier molecular flexibility index (Phi) is 7.83. The number of nitrogens with one attached hydrogen (secondary N) is 2. The van der Waals surface area contributed by atoms with Gasteiger partial charge in [0.15, 0.2) is 17.3 Å². The molecule has 2 N–H and O–H groups in total. The van der Waals surface area contributed by atoms with Gasteiger partial charge in [0.2, 0.25) is 5.91 Å². The average Bonchev–Trinajstić information content (AvgIpc) is 3.34. The molecule has 1 saturated heterocycles. The van der Waals surface area contributed by atoms with Gasteiger partial charge in [-0.1, -0.05) is 30.3 Å². The van der Waals surface area contributed by atoms with E-state index in [-0.39, 0.29) is 30.2 Å². The zero-order valence-electron chi connectivity index (χ0n) is 19.2. The highest BCUT2D eigenvalue weighted by Crippen LogP contribution is 2.27. The first-order valence-corrected chi connectivity index (χ1v) is 11.3. The summed E-state index contributed by atoms with van der Waals surface area (Å²) < 4.78 is 16.7. The highest BCUT2D eigenvalue weighted by Gasteiger charge is 2.23. The van der Waals surface area contributed by atoms with E-state index in [4.69, 9.17) is 13.9 Å². The van der Waals surface area contributed by atoms with E-state index in [1.807, 2.05) is 54.6 Å². The van der Waals surface area contributed by atoms with E-state index in [0.29, 0.717) is 23.8 Å². The average molecular weight is 464 g/mol. The summed E-state index contributed by atoms with van der Waals surface area (Å²) in [6.07, 6.45) is 1.55. The van der Waals surface area contributed by atoms with E-state index in [9.17, 15) is 9.59 Å². The molecule has 4 rings (SSSR count). The maximum Gasteiger partial charge on any atom is 0.287 e. The molecule has 178 valence electrons. The summed E-state index contributed by atoms with van der Waals surface area (Å²) in [7, 11) is 1.58. The van der Waals surface area contributed by atoms with Crippen LogP contribution in [0, 0.1) is 0 Å². The Morgan fingerprint density at radius 2 is 1.68 bits per heavy atom. The molecule has 0 spiro atoms. The second-order valence-corrected chi connectivity index (χ2v) is 8.14. The lowest BCUT2D eigenvalue weighted by atomic mass is 10.0. The number of anilines is 1. The standard InChI is InChI=1S/C26H29N3O5/c1-32-22-9-5-6-10-23(22)33-18-21-11-12-24(34-21)26(31)28-20-13-15-29(16-14-20)17-25(30)27-19-7-3-2-4-8-19/h2-12,20H,13-18H2,1H3,(H,27,30)(H,28,31). The van der Waals surface area contributed by atoms with Crippen LogP contribution in [0.4, 0.5) is 5.69 Å². The van der Waals surface area contributed by atoms with Crippen molar-refractivity contribution in [1.82, 2.24) is 10.2 Å². The number of furan rings is 1. The van der Waals surface area contributed by atoms with Crippen molar-refractivity contribution in [3.63, 3.8) is 0 Å². The number of amides is 2. The number of hydrogen-bond acceptors (Lipinski definition) is 6. The van der Waals surface area contributed by atoms with Crippen LogP contribution in [0.1, 0.15) is 29.2 Å². The van der Waals surface area contributed by atoms with Gasteiger partial charge in [-0.05, 0) is 49.2 Å². The Labute approximate surface area is 198 Å². The van der Waals surface area contributed by atoms with Gasteiger partial charge in [0.1, 0.15) is 12.4 Å². The Morgan fingerprint density at radius 3 is 2.41 bits per heavy atom. The number of piperidine rings is 1. The molecule has 2 amide bonds. The first kappa shape index (κ1) is 23.4. The number of likely N-dealkylation sites (tertiary alicyclic amines) is 1. The van der Waals surface area contributed by atoms with Gasteiger partial charge >= 0.3 is 0 Å². The van der Waals surface area contributed by atoms with Crippen LogP contribution in [0.3, 0.4) is 0 Å². The fraction of sp³-hybridized carbons (Fsp3) is 0.308. The highest BCUT2D eigenvalue weighted by molar-refractivity contribution is 5.92. The number of carbonyl (C=O) groups is 2. The van der Waals surface area contributed by atoms with Gasteiger partial charge in [0, 0.05) is 24.8 Å². The summed E-state index contributed by atoms with van der Waals surface area (Å²) in [5.41, 5.74) is 0.792. The quantitative estimate of drug-likeness (QED) is 0.503. The predicted molar refractivity (Wildman–Crippen MR) is 128 cm³/mol. The van der Waals surface area contributed by atoms with Crippen LogP contribution in [0.25, 0.3) is 0 Å². The highest BCUT2D eigenvalue weighted by atomic mass is 16.5. The van der Waals surface area contributed by atoms with Crippen LogP contribution in [0.2, 0.25) is 0 Å². The third-order valence-corrected chi connectivity index (χ3v) is 5.67. The summed E-state index contributed by atoms with van der Waals surface area (Å²) in [6, 6.07) is 20.2. The SMILES string of the molecule is COc1ccccc1OCc1ccc(C(=O)NC2CCN(CC(=O)Nc3ccccc3)CC2)o1. The number of methoxy groups -OCH3 is 1. The number of para-hydroxylation sites is 3. The third-order valence-electron chi connectivity index (χ3n) is 5.67. The van der Waals surface area contributed by atoms with Crippen LogP contribution in [0.5, 0.6) is 11.5 Å². The van der Waals surface area contributed by atoms with E-state index in [1.165, 1.54) is 0 Å². The van der Waals surface area contributed by atoms with Gasteiger partial charge in [-0.15, -0.1) is 0 Å². The smallest absolute Gasteiger partial charge is 0.287 e. The molecular formula is C26H29N3O5. The molecule has 0 radical (unpaired) electrons. The second-order valence-electron chi connectivity index (χ2n) is 8.14. The van der Waals surface area contributed by atoms with E-state index in [1.54, 1.807) is 19.2 Å². The van der Waals surface area contributed by atoms with E-state index in [0.717, 1.165) is 31.6 Å². The van der Waals surface area contributed by atoms with Crippen molar-refractivity contribution in [2.45, 2.75) is 25.5 Å². The topological polar surface area (TPSA) is 93.0 Å². The molecule has 8 nitrogen and oxygen atoms in total. The van der Waals surface area contributed by atoms with Crippen LogP contribution < -0.4 is 20.1 Å². The first-order chi connectivity index (χ1) is 16.6. The molecule has 3 aromatic rings. The summed E-state index contributed by atoms with van der Waals surface area (Å²) in [4.78, 5) is 27.0. The fourth-order valence-electron chi connectivity index (χ4n) is 3.88. The Bertz CT molecular complexity index is 1090. The van der Waals surface area contributed by atoms with E-state index in [2.05, 4.69) is 15.5 Å². The molecule has 0 atom stereocenters. The van der Waals surface area contributed by atoms with Crippen molar-refractivity contribution >= 4 is 17.5 Å². The first-order valence-electron chi connectivity index (χ1n) is 11.3. The van der Waals surface area contributed by atoms with Crippen LogP contribution in [-0.4, -0.2) is 49.5 Å². The number of hydrogen-bond donors (Lipinski definition) is 2. The number of benzene rings is 2. The normalized spacial score (nSPS) is 14.4. The Balaban J connectivity index is 1.20. The monoisotopic (exact) mass is 463 g/mol. The van der Waals surface area contributed by atoms with E-state index < -0.39 is 0 Å². The predicted octanol–water partition coefficient (Wildman–Crippen LogP) is 3.70. The minimum Gasteiger partial charge on any atom is -0.493 e. The molecule has 2 aromatic carbocycles. The molecule has 1 aliphatic heterocycles. The zero-order chi connectivity index (χ0) is 23.8. The van der Waals surface area contributed by atoms with Gasteiger partial charge in [0.05, 0.1) is 13.7 Å².